The molecule has 0 amide bonds. The van der Waals surface area contributed by atoms with Crippen LogP contribution in [0.25, 0.3) is 15.9 Å². The molecule has 0 bridgehead atoms. The van der Waals surface area contributed by atoms with E-state index in [1.54, 1.807) is 17.6 Å². The second kappa shape index (κ2) is 4.47. The van der Waals surface area contributed by atoms with Crippen LogP contribution in [-0.4, -0.2) is 14.5 Å². The first kappa shape index (κ1) is 11.7. The van der Waals surface area contributed by atoms with E-state index in [4.69, 9.17) is 4.42 Å². The molecule has 3 heterocycles. The largest absolute Gasteiger partial charge is 0.464 e. The molecule has 4 aromatic rings. The molecular formula is C15H12N2O2S. The Labute approximate surface area is 118 Å². The van der Waals surface area contributed by atoms with E-state index in [1.807, 2.05) is 46.4 Å². The molecule has 1 unspecified atom stereocenters. The number of furan rings is 1. The van der Waals surface area contributed by atoms with E-state index in [0.29, 0.717) is 6.42 Å². The zero-order valence-corrected chi connectivity index (χ0v) is 11.4. The number of aliphatic hydroxyl groups excluding tert-OH is 1. The Morgan fingerprint density at radius 1 is 1.35 bits per heavy atom. The third-order valence-electron chi connectivity index (χ3n) is 3.42. The van der Waals surface area contributed by atoms with Crippen LogP contribution in [-0.2, 0) is 6.42 Å². The molecule has 5 heteroatoms. The number of para-hydroxylation sites is 1. The molecule has 4 nitrogen and oxygen atoms in total. The number of thiazole rings is 1. The van der Waals surface area contributed by atoms with Gasteiger partial charge in [0.15, 0.2) is 4.96 Å². The van der Waals surface area contributed by atoms with E-state index in [1.165, 1.54) is 0 Å². The zero-order chi connectivity index (χ0) is 13.5. The Kier molecular flexibility index (Phi) is 2.61. The van der Waals surface area contributed by atoms with Crippen molar-refractivity contribution in [2.45, 2.75) is 12.5 Å². The van der Waals surface area contributed by atoms with Crippen LogP contribution >= 0.6 is 11.3 Å². The Bertz CT molecular complexity index is 846. The van der Waals surface area contributed by atoms with Crippen LogP contribution in [0.3, 0.4) is 0 Å². The van der Waals surface area contributed by atoms with E-state index >= 15 is 0 Å². The summed E-state index contributed by atoms with van der Waals surface area (Å²) in [6, 6.07) is 7.73. The highest BCUT2D eigenvalue weighted by molar-refractivity contribution is 7.15. The van der Waals surface area contributed by atoms with Crippen molar-refractivity contribution in [3.05, 3.63) is 59.6 Å². The third kappa shape index (κ3) is 1.83. The predicted octanol–water partition coefficient (Wildman–Crippen LogP) is 3.42. The molecule has 4 rings (SSSR count). The lowest BCUT2D eigenvalue weighted by Gasteiger charge is -2.06. The van der Waals surface area contributed by atoms with Crippen LogP contribution in [0.4, 0.5) is 0 Å². The van der Waals surface area contributed by atoms with Crippen LogP contribution in [0.1, 0.15) is 17.4 Å². The first-order valence-electron chi connectivity index (χ1n) is 6.36. The van der Waals surface area contributed by atoms with Crippen molar-refractivity contribution in [2.75, 3.05) is 0 Å². The summed E-state index contributed by atoms with van der Waals surface area (Å²) < 4.78 is 7.44. The minimum atomic E-state index is -0.608. The van der Waals surface area contributed by atoms with Gasteiger partial charge >= 0.3 is 0 Å². The Morgan fingerprint density at radius 3 is 3.15 bits per heavy atom. The molecule has 0 aliphatic heterocycles. The zero-order valence-electron chi connectivity index (χ0n) is 10.6. The first-order valence-corrected chi connectivity index (χ1v) is 7.24. The van der Waals surface area contributed by atoms with E-state index in [9.17, 15) is 5.11 Å². The number of fused-ring (bicyclic) bond motifs is 2. The molecule has 20 heavy (non-hydrogen) atoms. The van der Waals surface area contributed by atoms with Gasteiger partial charge in [0, 0.05) is 35.1 Å². The maximum absolute atomic E-state index is 10.4. The van der Waals surface area contributed by atoms with Gasteiger partial charge in [-0.25, -0.2) is 4.98 Å². The standard InChI is InChI=1S/C15H12N2O2S/c18-13(7-10-8-17-5-6-20-15(17)16-10)12-9-19-14-4-2-1-3-11(12)14/h1-6,8-9,13,18H,7H2. The van der Waals surface area contributed by atoms with Gasteiger partial charge in [0.05, 0.1) is 18.1 Å². The molecule has 100 valence electrons. The van der Waals surface area contributed by atoms with Crippen LogP contribution in [0.2, 0.25) is 0 Å². The summed E-state index contributed by atoms with van der Waals surface area (Å²) in [5.74, 6) is 0. The van der Waals surface area contributed by atoms with Gasteiger partial charge in [-0.15, -0.1) is 11.3 Å². The van der Waals surface area contributed by atoms with Gasteiger partial charge < -0.3 is 9.52 Å². The van der Waals surface area contributed by atoms with Crippen LogP contribution in [0, 0.1) is 0 Å². The molecule has 1 N–H and O–H groups in total. The van der Waals surface area contributed by atoms with Gasteiger partial charge in [-0.05, 0) is 6.07 Å². The second-order valence-corrected chi connectivity index (χ2v) is 5.61. The minimum absolute atomic E-state index is 0.484. The molecule has 0 radical (unpaired) electrons. The monoisotopic (exact) mass is 284 g/mol. The number of imidazole rings is 1. The summed E-state index contributed by atoms with van der Waals surface area (Å²) >= 11 is 1.59. The summed E-state index contributed by atoms with van der Waals surface area (Å²) in [5.41, 5.74) is 2.50. The fraction of sp³-hybridized carbons (Fsp3) is 0.133. The summed E-state index contributed by atoms with van der Waals surface area (Å²) in [4.78, 5) is 5.44. The van der Waals surface area contributed by atoms with E-state index < -0.39 is 6.10 Å². The first-order chi connectivity index (χ1) is 9.81. The Hall–Kier alpha value is -2.11. The molecular weight excluding hydrogens is 272 g/mol. The van der Waals surface area contributed by atoms with Crippen LogP contribution < -0.4 is 0 Å². The maximum Gasteiger partial charge on any atom is 0.193 e. The van der Waals surface area contributed by atoms with Crippen LogP contribution in [0.5, 0.6) is 0 Å². The van der Waals surface area contributed by atoms with Gasteiger partial charge in [0.2, 0.25) is 0 Å². The molecule has 0 saturated heterocycles. The van der Waals surface area contributed by atoms with E-state index in [2.05, 4.69) is 4.98 Å². The number of hydrogen-bond acceptors (Lipinski definition) is 4. The molecule has 1 atom stereocenters. The average Bonchev–Trinajstić information content (AvgIpc) is 3.10. The summed E-state index contributed by atoms with van der Waals surface area (Å²) in [6.07, 6.45) is 5.43. The lowest BCUT2D eigenvalue weighted by atomic mass is 10.0. The number of aromatic nitrogens is 2. The predicted molar refractivity (Wildman–Crippen MR) is 77.9 cm³/mol. The fourth-order valence-corrected chi connectivity index (χ4v) is 3.16. The fourth-order valence-electron chi connectivity index (χ4n) is 2.44. The van der Waals surface area contributed by atoms with Crippen molar-refractivity contribution in [3.8, 4) is 0 Å². The molecule has 1 aromatic carbocycles. The van der Waals surface area contributed by atoms with Crippen molar-refractivity contribution >= 4 is 27.3 Å². The minimum Gasteiger partial charge on any atom is -0.464 e. The maximum atomic E-state index is 10.4. The molecule has 0 spiro atoms. The highest BCUT2D eigenvalue weighted by Gasteiger charge is 2.16. The van der Waals surface area contributed by atoms with Crippen LogP contribution in [0.15, 0.2) is 52.7 Å². The van der Waals surface area contributed by atoms with E-state index in [-0.39, 0.29) is 0 Å². The van der Waals surface area contributed by atoms with Crippen molar-refractivity contribution in [3.63, 3.8) is 0 Å². The van der Waals surface area contributed by atoms with E-state index in [0.717, 1.165) is 27.2 Å². The van der Waals surface area contributed by atoms with Gasteiger partial charge in [0.25, 0.3) is 0 Å². The summed E-state index contributed by atoms with van der Waals surface area (Å²) in [7, 11) is 0. The molecule has 0 aliphatic carbocycles. The topological polar surface area (TPSA) is 50.7 Å². The van der Waals surface area contributed by atoms with Gasteiger partial charge in [0.1, 0.15) is 5.58 Å². The second-order valence-electron chi connectivity index (χ2n) is 4.73. The smallest absolute Gasteiger partial charge is 0.193 e. The lowest BCUT2D eigenvalue weighted by Crippen LogP contribution is -2.01. The molecule has 0 aliphatic rings. The number of rotatable bonds is 3. The normalized spacial score (nSPS) is 13.2. The van der Waals surface area contributed by atoms with Crippen molar-refractivity contribution < 1.29 is 9.52 Å². The third-order valence-corrected chi connectivity index (χ3v) is 4.19. The SMILES string of the molecule is OC(Cc1cn2ccsc2n1)c1coc2ccccc12. The number of nitrogens with zero attached hydrogens (tertiary/aromatic N) is 2. The summed E-state index contributed by atoms with van der Waals surface area (Å²) in [5, 5.41) is 13.4. The lowest BCUT2D eigenvalue weighted by molar-refractivity contribution is 0.178. The highest BCUT2D eigenvalue weighted by atomic mass is 32.1. The molecule has 0 saturated carbocycles. The summed E-state index contributed by atoms with van der Waals surface area (Å²) in [6.45, 7) is 0. The molecule has 3 aromatic heterocycles. The number of hydrogen-bond donors (Lipinski definition) is 1. The average molecular weight is 284 g/mol. The van der Waals surface area contributed by atoms with Crippen molar-refractivity contribution in [1.29, 1.82) is 0 Å². The number of benzene rings is 1. The van der Waals surface area contributed by atoms with Crippen molar-refractivity contribution in [1.82, 2.24) is 9.38 Å². The highest BCUT2D eigenvalue weighted by Crippen LogP contribution is 2.28. The molecule has 0 fully saturated rings. The number of aliphatic hydroxyl groups is 1. The van der Waals surface area contributed by atoms with Gasteiger partial charge in [-0.2, -0.15) is 0 Å². The van der Waals surface area contributed by atoms with Crippen molar-refractivity contribution in [2.24, 2.45) is 0 Å². The Morgan fingerprint density at radius 2 is 2.25 bits per heavy atom. The van der Waals surface area contributed by atoms with Gasteiger partial charge in [-0.3, -0.25) is 4.40 Å². The van der Waals surface area contributed by atoms with Gasteiger partial charge in [-0.1, -0.05) is 18.2 Å². The quantitative estimate of drug-likeness (QED) is 0.627. The Balaban J connectivity index is 1.66.